The number of nitrogens with zero attached hydrogens (tertiary/aromatic N) is 4. The number of carboxylic acid groups (broad SMARTS) is 2. The molecule has 0 unspecified atom stereocenters. The lowest BCUT2D eigenvalue weighted by molar-refractivity contribution is -0.147. The Morgan fingerprint density at radius 3 is 2.36 bits per heavy atom. The van der Waals surface area contributed by atoms with Crippen LogP contribution in [0, 0.1) is 0 Å². The molecule has 1 aromatic heterocycles. The number of rotatable bonds is 14. The van der Waals surface area contributed by atoms with Crippen molar-refractivity contribution in [2.24, 2.45) is 5.16 Å². The molecular formula is C34H39N5O8. The molecule has 0 saturated carbocycles. The Hall–Kier alpha value is -5.27. The van der Waals surface area contributed by atoms with E-state index in [1.807, 2.05) is 73.7 Å². The van der Waals surface area contributed by atoms with Crippen molar-refractivity contribution in [2.75, 3.05) is 51.9 Å². The fraction of sp³-hybridized carbons (Fsp3) is 0.324. The molecule has 13 nitrogen and oxygen atoms in total. The van der Waals surface area contributed by atoms with Crippen LogP contribution >= 0.6 is 0 Å². The first-order valence-electron chi connectivity index (χ1n) is 15.1. The van der Waals surface area contributed by atoms with Gasteiger partial charge in [-0.2, -0.15) is 0 Å². The molecule has 0 radical (unpaired) electrons. The molecule has 0 aliphatic carbocycles. The standard InChI is InChI=1S/C31H35N5O4.C3H4O4/c1-23(35-40-21-24-7-4-3-5-8-24)25-9-11-26(12-10-25)34-31-27-19-30(29(37-2)20-28(27)32-22-33-31)39-16-6-13-36-14-17-38-18-15-36;4-2(5)1-3(6)7/h3-5,7-12,19-20,22H,6,13-18,21H2,1-2H3,(H,32,33,34);1H2,(H,4,5)(H,6,7)/b35-23+;. The average molecular weight is 646 g/mol. The molecule has 2 heterocycles. The highest BCUT2D eigenvalue weighted by Gasteiger charge is 2.14. The van der Waals surface area contributed by atoms with Gasteiger partial charge in [0.15, 0.2) is 11.5 Å². The second-order valence-electron chi connectivity index (χ2n) is 10.5. The molecule has 1 aliphatic heterocycles. The second kappa shape index (κ2) is 18.0. The third kappa shape index (κ3) is 11.2. The van der Waals surface area contributed by atoms with Crippen LogP contribution in [-0.4, -0.2) is 89.3 Å². The lowest BCUT2D eigenvalue weighted by atomic mass is 10.1. The second-order valence-corrected chi connectivity index (χ2v) is 10.5. The van der Waals surface area contributed by atoms with Gasteiger partial charge < -0.3 is 34.6 Å². The lowest BCUT2D eigenvalue weighted by Crippen LogP contribution is -2.37. The van der Waals surface area contributed by atoms with E-state index in [1.54, 1.807) is 13.4 Å². The number of fused-ring (bicyclic) bond motifs is 1. The van der Waals surface area contributed by atoms with Crippen LogP contribution < -0.4 is 14.8 Å². The van der Waals surface area contributed by atoms with Gasteiger partial charge in [-0.05, 0) is 42.7 Å². The Bertz CT molecular complexity index is 1620. The molecule has 1 saturated heterocycles. The molecule has 3 aromatic carbocycles. The number of methoxy groups -OCH3 is 1. The molecular weight excluding hydrogens is 606 g/mol. The van der Waals surface area contributed by atoms with Crippen molar-refractivity contribution in [2.45, 2.75) is 26.4 Å². The van der Waals surface area contributed by atoms with E-state index in [2.05, 4.69) is 25.3 Å². The van der Waals surface area contributed by atoms with Gasteiger partial charge in [-0.1, -0.05) is 47.6 Å². The number of carbonyl (C=O) groups is 2. The van der Waals surface area contributed by atoms with Crippen molar-refractivity contribution in [3.05, 3.63) is 84.2 Å². The maximum absolute atomic E-state index is 9.43. The number of nitrogens with one attached hydrogen (secondary N) is 1. The summed E-state index contributed by atoms with van der Waals surface area (Å²) >= 11 is 0. The topological polar surface area (TPSA) is 165 Å². The number of benzene rings is 3. The van der Waals surface area contributed by atoms with Crippen LogP contribution in [0.15, 0.2) is 78.2 Å². The number of morpholine rings is 1. The minimum absolute atomic E-state index is 0.433. The van der Waals surface area contributed by atoms with Gasteiger partial charge in [-0.15, -0.1) is 0 Å². The highest BCUT2D eigenvalue weighted by molar-refractivity contribution is 5.99. The number of aliphatic carboxylic acids is 2. The minimum atomic E-state index is -1.31. The van der Waals surface area contributed by atoms with E-state index in [9.17, 15) is 9.59 Å². The first-order valence-corrected chi connectivity index (χ1v) is 15.1. The Morgan fingerprint density at radius 2 is 1.70 bits per heavy atom. The smallest absolute Gasteiger partial charge is 0.314 e. The number of hydrogen-bond donors (Lipinski definition) is 3. The van der Waals surface area contributed by atoms with E-state index in [-0.39, 0.29) is 0 Å². The largest absolute Gasteiger partial charge is 0.493 e. The summed E-state index contributed by atoms with van der Waals surface area (Å²) in [6.07, 6.45) is 1.66. The highest BCUT2D eigenvalue weighted by Crippen LogP contribution is 2.35. The Morgan fingerprint density at radius 1 is 0.979 bits per heavy atom. The van der Waals surface area contributed by atoms with E-state index < -0.39 is 18.4 Å². The van der Waals surface area contributed by atoms with Gasteiger partial charge in [-0.25, -0.2) is 9.97 Å². The maximum atomic E-state index is 9.43. The van der Waals surface area contributed by atoms with Crippen LogP contribution in [0.3, 0.4) is 0 Å². The summed E-state index contributed by atoms with van der Waals surface area (Å²) in [5.74, 6) is -0.611. The molecule has 5 rings (SSSR count). The predicted molar refractivity (Wildman–Crippen MR) is 177 cm³/mol. The lowest BCUT2D eigenvalue weighted by Gasteiger charge is -2.26. The van der Waals surface area contributed by atoms with Crippen LogP contribution in [0.2, 0.25) is 0 Å². The highest BCUT2D eigenvalue weighted by atomic mass is 16.6. The van der Waals surface area contributed by atoms with Gasteiger partial charge >= 0.3 is 11.9 Å². The van der Waals surface area contributed by atoms with Gasteiger partial charge in [0.1, 0.15) is 25.2 Å². The van der Waals surface area contributed by atoms with Gasteiger partial charge in [0.05, 0.1) is 38.2 Å². The predicted octanol–water partition coefficient (Wildman–Crippen LogP) is 4.97. The van der Waals surface area contributed by atoms with Gasteiger partial charge in [0, 0.05) is 36.8 Å². The number of carboxylic acids is 2. The van der Waals surface area contributed by atoms with E-state index in [4.69, 9.17) is 29.3 Å². The van der Waals surface area contributed by atoms with E-state index in [0.29, 0.717) is 30.5 Å². The normalized spacial score (nSPS) is 13.3. The van der Waals surface area contributed by atoms with Crippen molar-refractivity contribution in [1.29, 1.82) is 0 Å². The van der Waals surface area contributed by atoms with Crippen LogP contribution in [0.25, 0.3) is 10.9 Å². The fourth-order valence-corrected chi connectivity index (χ4v) is 4.62. The average Bonchev–Trinajstić information content (AvgIpc) is 3.07. The van der Waals surface area contributed by atoms with Crippen LogP contribution in [-0.2, 0) is 25.8 Å². The van der Waals surface area contributed by atoms with Crippen molar-refractivity contribution < 1.29 is 38.9 Å². The zero-order valence-electron chi connectivity index (χ0n) is 26.4. The summed E-state index contributed by atoms with van der Waals surface area (Å²) in [7, 11) is 1.64. The van der Waals surface area contributed by atoms with Gasteiger partial charge in [0.2, 0.25) is 0 Å². The van der Waals surface area contributed by atoms with Crippen molar-refractivity contribution in [3.8, 4) is 11.5 Å². The fourth-order valence-electron chi connectivity index (χ4n) is 4.62. The number of ether oxygens (including phenoxy) is 3. The molecule has 4 aromatic rings. The third-order valence-electron chi connectivity index (χ3n) is 7.04. The van der Waals surface area contributed by atoms with Crippen LogP contribution in [0.1, 0.15) is 30.9 Å². The summed E-state index contributed by atoms with van der Waals surface area (Å²) in [5.41, 5.74) is 4.52. The molecule has 0 spiro atoms. The van der Waals surface area contributed by atoms with E-state index >= 15 is 0 Å². The number of hydrogen-bond acceptors (Lipinski definition) is 11. The maximum Gasteiger partial charge on any atom is 0.314 e. The SMILES string of the molecule is COc1cc2ncnc(Nc3ccc(/C(C)=N/OCc4ccccc4)cc3)c2cc1OCCCN1CCOCC1.O=C(O)CC(=O)O. The van der Waals surface area contributed by atoms with E-state index in [0.717, 1.165) is 72.7 Å². The summed E-state index contributed by atoms with van der Waals surface area (Å²) in [6.45, 7) is 7.48. The van der Waals surface area contributed by atoms with Crippen LogP contribution in [0.5, 0.6) is 11.5 Å². The molecule has 0 atom stereocenters. The molecule has 13 heteroatoms. The first kappa shape index (κ1) is 34.6. The summed E-state index contributed by atoms with van der Waals surface area (Å²) in [5, 5.41) is 23.9. The molecule has 248 valence electrons. The first-order chi connectivity index (χ1) is 22.8. The Balaban J connectivity index is 0.000000644. The quantitative estimate of drug-likeness (QED) is 0.0731. The Kier molecular flexibility index (Phi) is 13.3. The zero-order valence-corrected chi connectivity index (χ0v) is 26.4. The monoisotopic (exact) mass is 645 g/mol. The summed E-state index contributed by atoms with van der Waals surface area (Å²) in [6, 6.07) is 21.8. The molecule has 47 heavy (non-hydrogen) atoms. The van der Waals surface area contributed by atoms with Crippen molar-refractivity contribution in [3.63, 3.8) is 0 Å². The summed E-state index contributed by atoms with van der Waals surface area (Å²) in [4.78, 5) is 35.7. The van der Waals surface area contributed by atoms with Gasteiger partial charge in [-0.3, -0.25) is 14.5 Å². The molecule has 1 fully saturated rings. The Labute approximate surface area is 272 Å². The third-order valence-corrected chi connectivity index (χ3v) is 7.04. The molecule has 3 N–H and O–H groups in total. The molecule has 0 bridgehead atoms. The van der Waals surface area contributed by atoms with Crippen molar-refractivity contribution >= 4 is 40.1 Å². The number of anilines is 2. The summed E-state index contributed by atoms with van der Waals surface area (Å²) < 4.78 is 17.2. The zero-order chi connectivity index (χ0) is 33.4. The molecule has 0 amide bonds. The number of aromatic nitrogens is 2. The van der Waals surface area contributed by atoms with Crippen LogP contribution in [0.4, 0.5) is 11.5 Å². The minimum Gasteiger partial charge on any atom is -0.493 e. The van der Waals surface area contributed by atoms with Crippen molar-refractivity contribution in [1.82, 2.24) is 14.9 Å². The van der Waals surface area contributed by atoms with Gasteiger partial charge in [0.25, 0.3) is 0 Å². The van der Waals surface area contributed by atoms with E-state index in [1.165, 1.54) is 0 Å². The molecule has 1 aliphatic rings. The number of oxime groups is 1.